The molecule has 1 saturated heterocycles. The van der Waals surface area contributed by atoms with Gasteiger partial charge in [-0.15, -0.1) is 0 Å². The van der Waals surface area contributed by atoms with Gasteiger partial charge in [0.1, 0.15) is 5.82 Å². The highest BCUT2D eigenvalue weighted by atomic mass is 79.9. The molecule has 22 heavy (non-hydrogen) atoms. The maximum atomic E-state index is 13.3. The number of rotatable bonds is 5. The Balaban J connectivity index is 1.44. The molecule has 1 aliphatic rings. The van der Waals surface area contributed by atoms with Gasteiger partial charge in [0.2, 0.25) is 5.88 Å². The zero-order valence-corrected chi connectivity index (χ0v) is 14.0. The molecule has 116 valence electrons. The molecule has 1 aliphatic heterocycles. The minimum absolute atomic E-state index is 0.218. The Morgan fingerprint density at radius 2 is 2.14 bits per heavy atom. The monoisotopic (exact) mass is 385 g/mol. The fourth-order valence-electron chi connectivity index (χ4n) is 2.47. The van der Waals surface area contributed by atoms with Crippen LogP contribution in [0.15, 0.2) is 35.1 Å². The second-order valence-corrected chi connectivity index (χ2v) is 6.63. The van der Waals surface area contributed by atoms with Crippen LogP contribution in [0, 0.1) is 11.7 Å². The number of nitrogens with zero attached hydrogens (tertiary/aromatic N) is 3. The molecular weight excluding hydrogens is 373 g/mol. The van der Waals surface area contributed by atoms with Crippen LogP contribution >= 0.6 is 27.5 Å². The van der Waals surface area contributed by atoms with E-state index in [0.717, 1.165) is 29.7 Å². The van der Waals surface area contributed by atoms with Crippen molar-refractivity contribution in [3.63, 3.8) is 0 Å². The van der Waals surface area contributed by atoms with E-state index in [4.69, 9.17) is 16.3 Å². The van der Waals surface area contributed by atoms with Crippen LogP contribution in [-0.2, 0) is 6.54 Å². The summed E-state index contributed by atoms with van der Waals surface area (Å²) >= 11 is 9.06. The molecule has 4 nitrogen and oxygen atoms in total. The van der Waals surface area contributed by atoms with E-state index < -0.39 is 0 Å². The highest BCUT2D eigenvalue weighted by Gasteiger charge is 2.27. The van der Waals surface area contributed by atoms with E-state index in [9.17, 15) is 4.39 Å². The molecule has 2 aromatic rings. The Labute approximate surface area is 141 Å². The summed E-state index contributed by atoms with van der Waals surface area (Å²) < 4.78 is 19.7. The number of likely N-dealkylation sites (tertiary alicyclic amines) is 1. The van der Waals surface area contributed by atoms with Crippen molar-refractivity contribution in [2.75, 3.05) is 19.7 Å². The lowest BCUT2D eigenvalue weighted by molar-refractivity contribution is 0.0542. The van der Waals surface area contributed by atoms with Crippen LogP contribution in [0.4, 0.5) is 4.39 Å². The zero-order chi connectivity index (χ0) is 15.5. The fourth-order valence-corrected chi connectivity index (χ4v) is 3.12. The summed E-state index contributed by atoms with van der Waals surface area (Å²) in [6.07, 6.45) is 3.02. The molecule has 1 fully saturated rings. The van der Waals surface area contributed by atoms with Crippen LogP contribution in [-0.4, -0.2) is 34.6 Å². The number of aromatic nitrogens is 2. The molecule has 0 atom stereocenters. The van der Waals surface area contributed by atoms with Gasteiger partial charge >= 0.3 is 0 Å². The maximum absolute atomic E-state index is 13.3. The third-order valence-corrected chi connectivity index (χ3v) is 4.05. The SMILES string of the molecule is Fc1cc(Br)cc(CN2CC(COc3cncc(Cl)n3)C2)c1. The molecule has 0 N–H and O–H groups in total. The van der Waals surface area contributed by atoms with E-state index in [-0.39, 0.29) is 5.82 Å². The molecule has 7 heteroatoms. The third-order valence-electron chi connectivity index (χ3n) is 3.41. The molecular formula is C15H14BrClFN3O. The van der Waals surface area contributed by atoms with Gasteiger partial charge in [0.15, 0.2) is 5.15 Å². The third kappa shape index (κ3) is 4.15. The minimum atomic E-state index is -0.218. The Kier molecular flexibility index (Phi) is 4.90. The normalized spacial score (nSPS) is 15.6. The zero-order valence-electron chi connectivity index (χ0n) is 11.7. The van der Waals surface area contributed by atoms with Gasteiger partial charge < -0.3 is 4.74 Å². The molecule has 0 saturated carbocycles. The van der Waals surface area contributed by atoms with Gasteiger partial charge in [-0.1, -0.05) is 27.5 Å². The van der Waals surface area contributed by atoms with Gasteiger partial charge in [0, 0.05) is 30.0 Å². The van der Waals surface area contributed by atoms with Crippen molar-refractivity contribution in [3.05, 3.63) is 51.6 Å². The van der Waals surface area contributed by atoms with Crippen molar-refractivity contribution in [2.24, 2.45) is 5.92 Å². The predicted octanol–water partition coefficient (Wildman–Crippen LogP) is 3.54. The summed E-state index contributed by atoms with van der Waals surface area (Å²) in [7, 11) is 0. The van der Waals surface area contributed by atoms with Gasteiger partial charge in [-0.2, -0.15) is 4.98 Å². The van der Waals surface area contributed by atoms with Crippen LogP contribution in [0.1, 0.15) is 5.56 Å². The van der Waals surface area contributed by atoms with Gasteiger partial charge in [0.05, 0.1) is 19.0 Å². The lowest BCUT2D eigenvalue weighted by atomic mass is 10.0. The van der Waals surface area contributed by atoms with Crippen LogP contribution in [0.5, 0.6) is 5.88 Å². The molecule has 0 aliphatic carbocycles. The molecule has 1 aromatic heterocycles. The lowest BCUT2D eigenvalue weighted by Gasteiger charge is -2.39. The van der Waals surface area contributed by atoms with Crippen molar-refractivity contribution >= 4 is 27.5 Å². The Hall–Kier alpha value is -1.24. The summed E-state index contributed by atoms with van der Waals surface area (Å²) in [5.74, 6) is 0.669. The first-order valence-corrected chi connectivity index (χ1v) is 8.03. The van der Waals surface area contributed by atoms with E-state index in [1.807, 2.05) is 6.07 Å². The molecule has 0 radical (unpaired) electrons. The van der Waals surface area contributed by atoms with Crippen molar-refractivity contribution < 1.29 is 9.13 Å². The van der Waals surface area contributed by atoms with Crippen molar-refractivity contribution in [1.82, 2.24) is 14.9 Å². The summed E-state index contributed by atoms with van der Waals surface area (Å²) in [5.41, 5.74) is 0.965. The van der Waals surface area contributed by atoms with Crippen molar-refractivity contribution in [2.45, 2.75) is 6.54 Å². The van der Waals surface area contributed by atoms with E-state index >= 15 is 0 Å². The molecule has 0 spiro atoms. The van der Waals surface area contributed by atoms with E-state index in [1.165, 1.54) is 12.3 Å². The number of hydrogen-bond acceptors (Lipinski definition) is 4. The standard InChI is InChI=1S/C15H14BrClFN3O/c16-12-1-10(2-13(18)3-12)6-21-7-11(8-21)9-22-15-5-19-4-14(17)20-15/h1-5,11H,6-9H2. The Morgan fingerprint density at radius 1 is 1.32 bits per heavy atom. The fraction of sp³-hybridized carbons (Fsp3) is 0.333. The quantitative estimate of drug-likeness (QED) is 0.788. The van der Waals surface area contributed by atoms with Gasteiger partial charge in [0.25, 0.3) is 0 Å². The number of hydrogen-bond donors (Lipinski definition) is 0. The van der Waals surface area contributed by atoms with Crippen molar-refractivity contribution in [3.8, 4) is 5.88 Å². The van der Waals surface area contributed by atoms with Gasteiger partial charge in [-0.3, -0.25) is 9.88 Å². The summed E-state index contributed by atoms with van der Waals surface area (Å²) in [6.45, 7) is 3.16. The van der Waals surface area contributed by atoms with Crippen LogP contribution < -0.4 is 4.74 Å². The van der Waals surface area contributed by atoms with Crippen LogP contribution in [0.25, 0.3) is 0 Å². The van der Waals surface area contributed by atoms with Gasteiger partial charge in [-0.25, -0.2) is 4.39 Å². The first-order valence-electron chi connectivity index (χ1n) is 6.86. The lowest BCUT2D eigenvalue weighted by Crippen LogP contribution is -2.48. The average molecular weight is 387 g/mol. The average Bonchev–Trinajstić information content (AvgIpc) is 2.40. The number of ether oxygens (including phenoxy) is 1. The molecule has 3 rings (SSSR count). The molecule has 0 amide bonds. The molecule has 1 aromatic carbocycles. The second-order valence-electron chi connectivity index (χ2n) is 5.33. The van der Waals surface area contributed by atoms with Crippen LogP contribution in [0.2, 0.25) is 5.15 Å². The summed E-state index contributed by atoms with van der Waals surface area (Å²) in [5, 5.41) is 0.324. The smallest absolute Gasteiger partial charge is 0.233 e. The first kappa shape index (κ1) is 15.6. The van der Waals surface area contributed by atoms with Gasteiger partial charge in [-0.05, 0) is 23.8 Å². The highest BCUT2D eigenvalue weighted by molar-refractivity contribution is 9.10. The Morgan fingerprint density at radius 3 is 2.86 bits per heavy atom. The van der Waals surface area contributed by atoms with E-state index in [0.29, 0.717) is 23.6 Å². The highest BCUT2D eigenvalue weighted by Crippen LogP contribution is 2.22. The second kappa shape index (κ2) is 6.89. The minimum Gasteiger partial charge on any atom is -0.476 e. The maximum Gasteiger partial charge on any atom is 0.233 e. The van der Waals surface area contributed by atoms with E-state index in [1.54, 1.807) is 12.3 Å². The Bertz CT molecular complexity index is 647. The topological polar surface area (TPSA) is 38.2 Å². The first-order chi connectivity index (χ1) is 10.6. The molecule has 0 bridgehead atoms. The molecule has 0 unspecified atom stereocenters. The number of halogens is 3. The van der Waals surface area contributed by atoms with Crippen molar-refractivity contribution in [1.29, 1.82) is 0 Å². The van der Waals surface area contributed by atoms with E-state index in [2.05, 4.69) is 30.8 Å². The summed E-state index contributed by atoms with van der Waals surface area (Å²) in [6, 6.07) is 4.97. The number of benzene rings is 1. The molecule has 2 heterocycles. The summed E-state index contributed by atoms with van der Waals surface area (Å²) in [4.78, 5) is 10.2. The van der Waals surface area contributed by atoms with Crippen LogP contribution in [0.3, 0.4) is 0 Å². The largest absolute Gasteiger partial charge is 0.476 e. The predicted molar refractivity (Wildman–Crippen MR) is 85.4 cm³/mol.